The van der Waals surface area contributed by atoms with Crippen molar-refractivity contribution in [3.05, 3.63) is 88.2 Å². The van der Waals surface area contributed by atoms with E-state index in [9.17, 15) is 9.59 Å². The minimum atomic E-state index is -0.564. The van der Waals surface area contributed by atoms with E-state index in [0.29, 0.717) is 16.7 Å². The predicted molar refractivity (Wildman–Crippen MR) is 118 cm³/mol. The number of carbonyl (C=O) groups excluding carboxylic acids is 2. The molecule has 162 valence electrons. The highest BCUT2D eigenvalue weighted by atomic mass is 16.5. The maximum absolute atomic E-state index is 12.7. The molecule has 0 unspecified atom stereocenters. The number of aromatic nitrogens is 1. The van der Waals surface area contributed by atoms with Crippen LogP contribution in [0, 0.1) is 13.8 Å². The lowest BCUT2D eigenvalue weighted by Crippen LogP contribution is -2.15. The number of ketones is 1. The highest BCUT2D eigenvalue weighted by molar-refractivity contribution is 6.00. The second-order valence-corrected chi connectivity index (χ2v) is 7.39. The van der Waals surface area contributed by atoms with Gasteiger partial charge in [0.1, 0.15) is 5.75 Å². The average Bonchev–Trinajstić information content (AvgIpc) is 3.09. The number of aliphatic hydroxyl groups excluding tert-OH is 1. The Balaban J connectivity index is 1.61. The van der Waals surface area contributed by atoms with Crippen molar-refractivity contribution in [2.75, 3.05) is 13.7 Å². The Morgan fingerprint density at radius 1 is 0.968 bits per heavy atom. The third-order valence-electron chi connectivity index (χ3n) is 5.36. The molecule has 6 heteroatoms. The van der Waals surface area contributed by atoms with Crippen LogP contribution < -0.4 is 4.74 Å². The van der Waals surface area contributed by atoms with Crippen LogP contribution in [0.3, 0.4) is 0 Å². The molecule has 2 aromatic carbocycles. The number of Topliss-reactive ketones (excluding diaryl/α,β-unsaturated/α-hetero) is 1. The number of esters is 1. The van der Waals surface area contributed by atoms with Gasteiger partial charge in [0.15, 0.2) is 6.61 Å². The van der Waals surface area contributed by atoms with Crippen LogP contribution >= 0.6 is 0 Å². The van der Waals surface area contributed by atoms with Gasteiger partial charge in [0.05, 0.1) is 19.3 Å². The first-order valence-corrected chi connectivity index (χ1v) is 10.1. The van der Waals surface area contributed by atoms with Crippen molar-refractivity contribution in [3.8, 4) is 5.75 Å². The van der Waals surface area contributed by atoms with Crippen molar-refractivity contribution in [3.63, 3.8) is 0 Å². The third kappa shape index (κ3) is 5.41. The molecule has 0 aliphatic heterocycles. The summed E-state index contributed by atoms with van der Waals surface area (Å²) in [7, 11) is 1.64. The zero-order chi connectivity index (χ0) is 22.4. The van der Waals surface area contributed by atoms with Gasteiger partial charge in [-0.3, -0.25) is 4.79 Å². The van der Waals surface area contributed by atoms with Crippen molar-refractivity contribution in [2.45, 2.75) is 33.4 Å². The van der Waals surface area contributed by atoms with Gasteiger partial charge < -0.3 is 19.1 Å². The molecule has 0 saturated heterocycles. The van der Waals surface area contributed by atoms with Gasteiger partial charge in [-0.15, -0.1) is 0 Å². The summed E-state index contributed by atoms with van der Waals surface area (Å²) in [5.74, 6) is 0.0270. The molecule has 0 amide bonds. The van der Waals surface area contributed by atoms with Crippen molar-refractivity contribution >= 4 is 11.8 Å². The second-order valence-electron chi connectivity index (χ2n) is 7.39. The topological polar surface area (TPSA) is 77.8 Å². The number of aryl methyl sites for hydroxylation is 2. The van der Waals surface area contributed by atoms with Crippen LogP contribution in [0.1, 0.15) is 43.2 Å². The van der Waals surface area contributed by atoms with E-state index in [0.717, 1.165) is 30.1 Å². The Morgan fingerprint density at radius 3 is 2.23 bits per heavy atom. The van der Waals surface area contributed by atoms with E-state index in [1.165, 1.54) is 5.56 Å². The van der Waals surface area contributed by atoms with E-state index in [1.807, 2.05) is 44.2 Å². The molecule has 1 N–H and O–H groups in total. The van der Waals surface area contributed by atoms with Gasteiger partial charge in [0.2, 0.25) is 5.78 Å². The molecule has 0 atom stereocenters. The predicted octanol–water partition coefficient (Wildman–Crippen LogP) is 3.89. The van der Waals surface area contributed by atoms with Gasteiger partial charge >= 0.3 is 5.97 Å². The van der Waals surface area contributed by atoms with Crippen LogP contribution in [-0.4, -0.2) is 35.1 Å². The first kappa shape index (κ1) is 22.3. The van der Waals surface area contributed by atoms with Crippen molar-refractivity contribution in [1.82, 2.24) is 4.57 Å². The number of benzene rings is 2. The van der Waals surface area contributed by atoms with Crippen molar-refractivity contribution in [1.29, 1.82) is 0 Å². The molecule has 0 bridgehead atoms. The fourth-order valence-corrected chi connectivity index (χ4v) is 3.50. The molecule has 6 nitrogen and oxygen atoms in total. The molecule has 1 heterocycles. The fourth-order valence-electron chi connectivity index (χ4n) is 3.50. The molecule has 0 aliphatic rings. The van der Waals surface area contributed by atoms with E-state index in [-0.39, 0.29) is 19.0 Å². The summed E-state index contributed by atoms with van der Waals surface area (Å²) < 4.78 is 12.5. The molecular formula is C25H27NO5. The summed E-state index contributed by atoms with van der Waals surface area (Å²) in [5.41, 5.74) is 4.64. The summed E-state index contributed by atoms with van der Waals surface area (Å²) in [6.45, 7) is 4.20. The Hall–Kier alpha value is -3.38. The molecular weight excluding hydrogens is 394 g/mol. The highest BCUT2D eigenvalue weighted by Crippen LogP contribution is 2.18. The normalized spacial score (nSPS) is 10.7. The highest BCUT2D eigenvalue weighted by Gasteiger charge is 2.18. The van der Waals surface area contributed by atoms with Crippen LogP contribution in [0.2, 0.25) is 0 Å². The smallest absolute Gasteiger partial charge is 0.338 e. The Labute approximate surface area is 182 Å². The molecule has 0 fully saturated rings. The van der Waals surface area contributed by atoms with Crippen LogP contribution in [0.15, 0.2) is 54.6 Å². The van der Waals surface area contributed by atoms with Crippen molar-refractivity contribution in [2.24, 2.45) is 0 Å². The van der Waals surface area contributed by atoms with E-state index in [4.69, 9.17) is 14.6 Å². The summed E-state index contributed by atoms with van der Waals surface area (Å²) in [5, 5.41) is 9.08. The van der Waals surface area contributed by atoms with Gasteiger partial charge in [-0.05, 0) is 61.7 Å². The Bertz CT molecular complexity index is 1050. The molecule has 3 aromatic rings. The van der Waals surface area contributed by atoms with E-state index >= 15 is 0 Å². The van der Waals surface area contributed by atoms with Gasteiger partial charge in [0.25, 0.3) is 0 Å². The Kier molecular flexibility index (Phi) is 7.26. The van der Waals surface area contributed by atoms with Gasteiger partial charge in [-0.1, -0.05) is 24.3 Å². The average molecular weight is 421 g/mol. The minimum absolute atomic E-state index is 0.0953. The molecule has 0 spiro atoms. The molecule has 0 radical (unpaired) electrons. The summed E-state index contributed by atoms with van der Waals surface area (Å²) in [4.78, 5) is 24.9. The zero-order valence-electron chi connectivity index (χ0n) is 18.1. The molecule has 0 aliphatic carbocycles. The number of hydrogen-bond acceptors (Lipinski definition) is 5. The largest absolute Gasteiger partial charge is 0.497 e. The first-order valence-electron chi connectivity index (χ1n) is 10.1. The van der Waals surface area contributed by atoms with Crippen LogP contribution in [0.4, 0.5) is 0 Å². The molecule has 3 rings (SSSR count). The molecule has 31 heavy (non-hydrogen) atoms. The van der Waals surface area contributed by atoms with Crippen LogP contribution in [-0.2, 0) is 24.3 Å². The molecule has 1 aromatic heterocycles. The number of aliphatic hydroxyl groups is 1. The lowest BCUT2D eigenvalue weighted by Gasteiger charge is -2.10. The summed E-state index contributed by atoms with van der Waals surface area (Å²) in [6.07, 6.45) is 0.826. The minimum Gasteiger partial charge on any atom is -0.497 e. The van der Waals surface area contributed by atoms with Gasteiger partial charge in [0, 0.05) is 23.5 Å². The Morgan fingerprint density at radius 2 is 1.61 bits per heavy atom. The first-order chi connectivity index (χ1) is 14.9. The van der Waals surface area contributed by atoms with Gasteiger partial charge in [-0.25, -0.2) is 4.79 Å². The van der Waals surface area contributed by atoms with Crippen LogP contribution in [0.25, 0.3) is 0 Å². The van der Waals surface area contributed by atoms with E-state index < -0.39 is 5.97 Å². The maximum Gasteiger partial charge on any atom is 0.338 e. The quantitative estimate of drug-likeness (QED) is 0.419. The lowest BCUT2D eigenvalue weighted by atomic mass is 10.1. The fraction of sp³-hybridized carbons (Fsp3) is 0.280. The number of nitrogens with zero attached hydrogens (tertiary/aromatic N) is 1. The van der Waals surface area contributed by atoms with Crippen LogP contribution in [0.5, 0.6) is 5.75 Å². The van der Waals surface area contributed by atoms with E-state index in [1.54, 1.807) is 31.4 Å². The number of rotatable bonds is 9. The summed E-state index contributed by atoms with van der Waals surface area (Å²) in [6, 6.07) is 16.2. The number of carbonyl (C=O) groups is 2. The van der Waals surface area contributed by atoms with Gasteiger partial charge in [-0.2, -0.15) is 0 Å². The number of ether oxygens (including phenoxy) is 2. The van der Waals surface area contributed by atoms with Crippen molar-refractivity contribution < 1.29 is 24.2 Å². The standard InChI is InChI=1S/C25H27NO5/c1-17-14-23(18(2)26(17)13-12-19-6-10-22(30-3)11-7-19)24(28)16-31-25(29)21-8-4-20(15-27)5-9-21/h4-11,14,27H,12-13,15-16H2,1-3H3. The SMILES string of the molecule is COc1ccc(CCn2c(C)cc(C(=O)COC(=O)c3ccc(CO)cc3)c2C)cc1. The number of methoxy groups -OCH3 is 1. The maximum atomic E-state index is 12.7. The third-order valence-corrected chi connectivity index (χ3v) is 5.36. The summed E-state index contributed by atoms with van der Waals surface area (Å²) >= 11 is 0. The zero-order valence-corrected chi connectivity index (χ0v) is 18.1. The number of hydrogen-bond donors (Lipinski definition) is 1. The second kappa shape index (κ2) is 10.1. The van der Waals surface area contributed by atoms with E-state index in [2.05, 4.69) is 4.57 Å². The lowest BCUT2D eigenvalue weighted by molar-refractivity contribution is 0.0474. The molecule has 0 saturated carbocycles. The monoisotopic (exact) mass is 421 g/mol.